The minimum absolute atomic E-state index is 0.277. The molecule has 3 heteroatoms. The van der Waals surface area contributed by atoms with E-state index in [1.165, 1.54) is 30.9 Å². The molecule has 0 spiro atoms. The van der Waals surface area contributed by atoms with Crippen LogP contribution in [0.4, 0.5) is 0 Å². The molecule has 1 atom stereocenters. The van der Waals surface area contributed by atoms with Crippen LogP contribution in [0.5, 0.6) is 0 Å². The Morgan fingerprint density at radius 3 is 2.32 bits per heavy atom. The zero-order valence-electron chi connectivity index (χ0n) is 11.9. The van der Waals surface area contributed by atoms with Gasteiger partial charge in [-0.3, -0.25) is 0 Å². The van der Waals surface area contributed by atoms with Gasteiger partial charge < -0.3 is 5.32 Å². The summed E-state index contributed by atoms with van der Waals surface area (Å²) in [6, 6.07) is 9.01. The Hall–Kier alpha value is -0.640. The van der Waals surface area contributed by atoms with Crippen LogP contribution in [-0.4, -0.2) is 6.54 Å². The summed E-state index contributed by atoms with van der Waals surface area (Å²) in [5.74, 6) is 0. The maximum Gasteiger partial charge on any atom is 0.0687 e. The lowest BCUT2D eigenvalue weighted by molar-refractivity contribution is 0.632. The quantitative estimate of drug-likeness (QED) is 0.814. The van der Waals surface area contributed by atoms with E-state index in [0.717, 1.165) is 6.54 Å². The minimum Gasteiger partial charge on any atom is -0.306 e. The van der Waals surface area contributed by atoms with Gasteiger partial charge in [0.05, 0.1) is 6.04 Å². The first-order chi connectivity index (χ1) is 9.04. The molecular weight excluding hydrogens is 318 g/mol. The van der Waals surface area contributed by atoms with Gasteiger partial charge in [-0.1, -0.05) is 25.1 Å². The molecule has 1 unspecified atom stereocenters. The highest BCUT2D eigenvalue weighted by Gasteiger charge is 2.21. The monoisotopic (exact) mass is 337 g/mol. The zero-order chi connectivity index (χ0) is 14.0. The van der Waals surface area contributed by atoms with Crippen molar-refractivity contribution in [3.63, 3.8) is 0 Å². The highest BCUT2D eigenvalue weighted by Crippen LogP contribution is 2.37. The summed E-state index contributed by atoms with van der Waals surface area (Å²) in [4.78, 5) is 2.72. The van der Waals surface area contributed by atoms with Gasteiger partial charge in [0.25, 0.3) is 0 Å². The molecule has 0 aliphatic heterocycles. The maximum absolute atomic E-state index is 3.70. The van der Waals surface area contributed by atoms with Crippen molar-refractivity contribution in [1.82, 2.24) is 5.32 Å². The van der Waals surface area contributed by atoms with Crippen molar-refractivity contribution in [2.45, 2.75) is 33.7 Å². The van der Waals surface area contributed by atoms with Crippen molar-refractivity contribution in [2.75, 3.05) is 6.54 Å². The van der Waals surface area contributed by atoms with Gasteiger partial charge in [-0.25, -0.2) is 0 Å². The van der Waals surface area contributed by atoms with Crippen LogP contribution in [0, 0.1) is 20.8 Å². The lowest BCUT2D eigenvalue weighted by atomic mass is 9.95. The molecular formula is C16H20BrNS. The molecule has 2 aromatic rings. The first-order valence-corrected chi connectivity index (χ1v) is 8.20. The van der Waals surface area contributed by atoms with E-state index in [-0.39, 0.29) is 6.04 Å². The average Bonchev–Trinajstić information content (AvgIpc) is 2.67. The van der Waals surface area contributed by atoms with Crippen molar-refractivity contribution in [2.24, 2.45) is 0 Å². The summed E-state index contributed by atoms with van der Waals surface area (Å²) < 4.78 is 1.21. The summed E-state index contributed by atoms with van der Waals surface area (Å²) in [7, 11) is 0. The fourth-order valence-electron chi connectivity index (χ4n) is 2.51. The standard InChI is InChI=1S/C16H20BrNS/c1-5-18-15(16-13(17)9-12(4)19-16)14-10(2)7-6-8-11(14)3/h6-9,15,18H,5H2,1-4H3. The number of hydrogen-bond acceptors (Lipinski definition) is 2. The molecule has 0 amide bonds. The van der Waals surface area contributed by atoms with Crippen LogP contribution in [0.3, 0.4) is 0 Å². The molecule has 0 saturated carbocycles. The highest BCUT2D eigenvalue weighted by atomic mass is 79.9. The normalized spacial score (nSPS) is 12.7. The molecule has 102 valence electrons. The molecule has 0 aliphatic rings. The van der Waals surface area contributed by atoms with Crippen LogP contribution in [0.15, 0.2) is 28.7 Å². The predicted octanol–water partition coefficient (Wildman–Crippen LogP) is 5.13. The third kappa shape index (κ3) is 3.10. The Balaban J connectivity index is 2.54. The summed E-state index contributed by atoms with van der Waals surface area (Å²) in [5.41, 5.74) is 4.11. The van der Waals surface area contributed by atoms with Gasteiger partial charge in [0, 0.05) is 14.2 Å². The SMILES string of the molecule is CCNC(c1sc(C)cc1Br)c1c(C)cccc1C. The van der Waals surface area contributed by atoms with Crippen LogP contribution < -0.4 is 5.32 Å². The third-order valence-electron chi connectivity index (χ3n) is 3.34. The van der Waals surface area contributed by atoms with Crippen LogP contribution >= 0.6 is 27.3 Å². The molecule has 1 aromatic heterocycles. The van der Waals surface area contributed by atoms with Crippen molar-refractivity contribution >= 4 is 27.3 Å². The Morgan fingerprint density at radius 1 is 1.21 bits per heavy atom. The van der Waals surface area contributed by atoms with Gasteiger partial charge in [0.1, 0.15) is 0 Å². The molecule has 0 aliphatic carbocycles. The van der Waals surface area contributed by atoms with Crippen LogP contribution in [0.1, 0.15) is 39.4 Å². The third-order valence-corrected chi connectivity index (χ3v) is 5.37. The molecule has 2 rings (SSSR count). The Morgan fingerprint density at radius 2 is 1.84 bits per heavy atom. The largest absolute Gasteiger partial charge is 0.306 e. The van der Waals surface area contributed by atoms with E-state index < -0.39 is 0 Å². The van der Waals surface area contributed by atoms with Gasteiger partial charge in [-0.2, -0.15) is 0 Å². The molecule has 1 nitrogen and oxygen atoms in total. The van der Waals surface area contributed by atoms with Crippen molar-refractivity contribution in [3.8, 4) is 0 Å². The van der Waals surface area contributed by atoms with Crippen LogP contribution in [0.2, 0.25) is 0 Å². The summed E-state index contributed by atoms with van der Waals surface area (Å²) in [6.07, 6.45) is 0. The van der Waals surface area contributed by atoms with Gasteiger partial charge in [0.15, 0.2) is 0 Å². The molecule has 1 N–H and O–H groups in total. The number of thiophene rings is 1. The van der Waals surface area contributed by atoms with Crippen LogP contribution in [0.25, 0.3) is 0 Å². The smallest absolute Gasteiger partial charge is 0.0687 e. The van der Waals surface area contributed by atoms with E-state index in [1.807, 2.05) is 11.3 Å². The Kier molecular flexibility index (Phi) is 4.82. The number of aryl methyl sites for hydroxylation is 3. The highest BCUT2D eigenvalue weighted by molar-refractivity contribution is 9.10. The van der Waals surface area contributed by atoms with E-state index in [0.29, 0.717) is 0 Å². The molecule has 0 fully saturated rings. The van der Waals surface area contributed by atoms with Crippen LogP contribution in [-0.2, 0) is 0 Å². The molecule has 1 aromatic carbocycles. The van der Waals surface area contributed by atoms with Crippen molar-refractivity contribution < 1.29 is 0 Å². The minimum atomic E-state index is 0.277. The van der Waals surface area contributed by atoms with Gasteiger partial charge in [0.2, 0.25) is 0 Å². The van der Waals surface area contributed by atoms with Gasteiger partial charge in [-0.15, -0.1) is 11.3 Å². The number of rotatable bonds is 4. The van der Waals surface area contributed by atoms with Crippen molar-refractivity contribution in [1.29, 1.82) is 0 Å². The second-order valence-corrected chi connectivity index (χ2v) is 7.01. The molecule has 19 heavy (non-hydrogen) atoms. The lowest BCUT2D eigenvalue weighted by Crippen LogP contribution is -2.23. The van der Waals surface area contributed by atoms with E-state index in [9.17, 15) is 0 Å². The lowest BCUT2D eigenvalue weighted by Gasteiger charge is -2.22. The Bertz CT molecular complexity index is 554. The first kappa shape index (κ1) is 14.8. The molecule has 0 saturated heterocycles. The second kappa shape index (κ2) is 6.21. The average molecular weight is 338 g/mol. The second-order valence-electron chi connectivity index (χ2n) is 4.87. The van der Waals surface area contributed by atoms with Crippen molar-refractivity contribution in [3.05, 3.63) is 55.2 Å². The zero-order valence-corrected chi connectivity index (χ0v) is 14.3. The van der Waals surface area contributed by atoms with E-state index >= 15 is 0 Å². The van der Waals surface area contributed by atoms with E-state index in [1.54, 1.807) is 0 Å². The number of benzene rings is 1. The maximum atomic E-state index is 3.70. The number of hydrogen-bond donors (Lipinski definition) is 1. The van der Waals surface area contributed by atoms with Gasteiger partial charge in [-0.05, 0) is 66.0 Å². The topological polar surface area (TPSA) is 12.0 Å². The molecule has 0 radical (unpaired) electrons. The van der Waals surface area contributed by atoms with E-state index in [2.05, 4.69) is 73.2 Å². The fraction of sp³-hybridized carbons (Fsp3) is 0.375. The van der Waals surface area contributed by atoms with Gasteiger partial charge >= 0.3 is 0 Å². The summed E-state index contributed by atoms with van der Waals surface area (Å²) >= 11 is 5.57. The summed E-state index contributed by atoms with van der Waals surface area (Å²) in [5, 5.41) is 3.63. The van der Waals surface area contributed by atoms with E-state index in [4.69, 9.17) is 0 Å². The Labute approximate surface area is 128 Å². The molecule has 1 heterocycles. The number of nitrogens with one attached hydrogen (secondary N) is 1. The summed E-state index contributed by atoms with van der Waals surface area (Å²) in [6.45, 7) is 9.67. The number of halogens is 1. The molecule has 0 bridgehead atoms. The first-order valence-electron chi connectivity index (χ1n) is 6.60. The predicted molar refractivity (Wildman–Crippen MR) is 88.2 cm³/mol. The fourth-order valence-corrected chi connectivity index (χ4v) is 4.48.